The Morgan fingerprint density at radius 3 is 3.10 bits per heavy atom. The Morgan fingerprint density at radius 2 is 2.29 bits per heavy atom. The molecule has 1 aliphatic rings. The van der Waals surface area contributed by atoms with Crippen LogP contribution < -0.4 is 11.1 Å². The van der Waals surface area contributed by atoms with Gasteiger partial charge in [-0.3, -0.25) is 4.79 Å². The van der Waals surface area contributed by atoms with E-state index in [9.17, 15) is 4.79 Å². The van der Waals surface area contributed by atoms with Gasteiger partial charge >= 0.3 is 0 Å². The molecule has 1 aromatic carbocycles. The quantitative estimate of drug-likeness (QED) is 0.672. The highest BCUT2D eigenvalue weighted by atomic mass is 32.1. The fourth-order valence-electron chi connectivity index (χ4n) is 2.75. The lowest BCUT2D eigenvalue weighted by Gasteiger charge is -2.26. The van der Waals surface area contributed by atoms with Gasteiger partial charge in [0, 0.05) is 16.6 Å². The van der Waals surface area contributed by atoms with E-state index < -0.39 is 0 Å². The summed E-state index contributed by atoms with van der Waals surface area (Å²) in [5.74, 6) is -0.0434. The maximum atomic E-state index is 12.1. The maximum absolute atomic E-state index is 12.1. The van der Waals surface area contributed by atoms with Crippen molar-refractivity contribution in [2.45, 2.75) is 25.3 Å². The molecule has 4 heteroatoms. The molecular formula is C17H18N2OS. The molecule has 1 aliphatic carbocycles. The molecule has 1 heterocycles. The fourth-order valence-corrected chi connectivity index (χ4v) is 3.37. The number of nitrogens with one attached hydrogen (secondary N) is 1. The van der Waals surface area contributed by atoms with Crippen molar-refractivity contribution in [3.63, 3.8) is 0 Å². The number of anilines is 1. The molecule has 2 aromatic rings. The van der Waals surface area contributed by atoms with Crippen LogP contribution in [0.4, 0.5) is 5.69 Å². The van der Waals surface area contributed by atoms with Gasteiger partial charge in [-0.05, 0) is 60.0 Å². The Morgan fingerprint density at radius 1 is 1.38 bits per heavy atom. The molecule has 1 unspecified atom stereocenters. The number of hydrogen-bond acceptors (Lipinski definition) is 3. The lowest BCUT2D eigenvalue weighted by molar-refractivity contribution is -0.117. The summed E-state index contributed by atoms with van der Waals surface area (Å²) in [6.07, 6.45) is 6.56. The maximum Gasteiger partial charge on any atom is 0.244 e. The van der Waals surface area contributed by atoms with Gasteiger partial charge in [-0.25, -0.2) is 0 Å². The van der Waals surface area contributed by atoms with Gasteiger partial charge in [0.05, 0.1) is 6.04 Å². The summed E-state index contributed by atoms with van der Waals surface area (Å²) >= 11 is 1.62. The molecule has 1 atom stereocenters. The molecule has 1 aromatic heterocycles. The standard InChI is InChI=1S/C17H18N2OS/c18-13-6-8-15-12(11-13)3-1-5-16(15)19-17(20)9-7-14-4-2-10-21-14/h2,4,6-11,16H,1,3,5,18H2,(H,19,20)/b9-7+. The SMILES string of the molecule is Nc1ccc2c(c1)CCCC2NC(=O)/C=C/c1cccs1. The number of benzene rings is 1. The van der Waals surface area contributed by atoms with Crippen LogP contribution in [0.5, 0.6) is 0 Å². The largest absolute Gasteiger partial charge is 0.399 e. The number of fused-ring (bicyclic) bond motifs is 1. The number of amides is 1. The first kappa shape index (κ1) is 13.9. The molecule has 0 saturated carbocycles. The monoisotopic (exact) mass is 298 g/mol. The summed E-state index contributed by atoms with van der Waals surface area (Å²) < 4.78 is 0. The summed E-state index contributed by atoms with van der Waals surface area (Å²) in [4.78, 5) is 13.2. The lowest BCUT2D eigenvalue weighted by Crippen LogP contribution is -2.29. The number of aryl methyl sites for hydroxylation is 1. The van der Waals surface area contributed by atoms with Gasteiger partial charge in [0.25, 0.3) is 0 Å². The van der Waals surface area contributed by atoms with E-state index in [0.717, 1.165) is 29.8 Å². The Hall–Kier alpha value is -2.07. The van der Waals surface area contributed by atoms with Crippen molar-refractivity contribution < 1.29 is 4.79 Å². The van der Waals surface area contributed by atoms with Crippen LogP contribution >= 0.6 is 11.3 Å². The first-order valence-electron chi connectivity index (χ1n) is 7.13. The Bertz CT molecular complexity index is 661. The van der Waals surface area contributed by atoms with Gasteiger partial charge in [-0.15, -0.1) is 11.3 Å². The molecular weight excluding hydrogens is 280 g/mol. The van der Waals surface area contributed by atoms with Crippen molar-refractivity contribution in [3.05, 3.63) is 57.8 Å². The highest BCUT2D eigenvalue weighted by Gasteiger charge is 2.21. The zero-order valence-electron chi connectivity index (χ0n) is 11.7. The molecule has 0 fully saturated rings. The topological polar surface area (TPSA) is 55.1 Å². The van der Waals surface area contributed by atoms with Gasteiger partial charge < -0.3 is 11.1 Å². The molecule has 21 heavy (non-hydrogen) atoms. The summed E-state index contributed by atoms with van der Waals surface area (Å²) in [5.41, 5.74) is 9.08. The molecule has 3 rings (SSSR count). The minimum atomic E-state index is -0.0434. The fraction of sp³-hybridized carbons (Fsp3) is 0.235. The molecule has 3 nitrogen and oxygen atoms in total. The number of rotatable bonds is 3. The van der Waals surface area contributed by atoms with Crippen molar-refractivity contribution in [1.82, 2.24) is 5.32 Å². The second kappa shape index (κ2) is 6.14. The molecule has 1 amide bonds. The van der Waals surface area contributed by atoms with Crippen LogP contribution in [0.25, 0.3) is 6.08 Å². The van der Waals surface area contributed by atoms with E-state index in [4.69, 9.17) is 5.73 Å². The predicted molar refractivity (Wildman–Crippen MR) is 88.0 cm³/mol. The Balaban J connectivity index is 1.70. The van der Waals surface area contributed by atoms with E-state index in [1.807, 2.05) is 41.8 Å². The third kappa shape index (κ3) is 3.34. The second-order valence-corrected chi connectivity index (χ2v) is 6.24. The Kier molecular flexibility index (Phi) is 4.06. The molecule has 0 radical (unpaired) electrons. The van der Waals surface area contributed by atoms with E-state index in [1.54, 1.807) is 17.4 Å². The third-order valence-electron chi connectivity index (χ3n) is 3.74. The normalized spacial score (nSPS) is 17.6. The zero-order valence-corrected chi connectivity index (χ0v) is 12.5. The molecule has 0 saturated heterocycles. The van der Waals surface area contributed by atoms with Crippen LogP contribution in [0.1, 0.15) is 34.9 Å². The van der Waals surface area contributed by atoms with E-state index in [1.165, 1.54) is 11.1 Å². The Labute approximate surface area is 128 Å². The lowest BCUT2D eigenvalue weighted by atomic mass is 9.87. The summed E-state index contributed by atoms with van der Waals surface area (Å²) in [6.45, 7) is 0. The minimum Gasteiger partial charge on any atom is -0.399 e. The summed E-state index contributed by atoms with van der Waals surface area (Å²) in [7, 11) is 0. The highest BCUT2D eigenvalue weighted by molar-refractivity contribution is 7.10. The summed E-state index contributed by atoms with van der Waals surface area (Å²) in [5, 5.41) is 5.09. The number of carbonyl (C=O) groups is 1. The molecule has 0 spiro atoms. The number of nitrogen functional groups attached to an aromatic ring is 1. The van der Waals surface area contributed by atoms with Crippen LogP contribution in [0.3, 0.4) is 0 Å². The molecule has 0 aliphatic heterocycles. The third-order valence-corrected chi connectivity index (χ3v) is 4.58. The number of nitrogens with two attached hydrogens (primary N) is 1. The summed E-state index contributed by atoms with van der Waals surface area (Å²) in [6, 6.07) is 10.0. The van der Waals surface area contributed by atoms with Crippen molar-refractivity contribution in [2.24, 2.45) is 0 Å². The van der Waals surface area contributed by atoms with Gasteiger partial charge in [0.2, 0.25) is 5.91 Å². The van der Waals surface area contributed by atoms with Gasteiger partial charge in [0.1, 0.15) is 0 Å². The number of carbonyl (C=O) groups excluding carboxylic acids is 1. The average Bonchev–Trinajstić information content (AvgIpc) is 2.98. The molecule has 3 N–H and O–H groups in total. The van der Waals surface area contributed by atoms with Crippen molar-refractivity contribution >= 4 is 29.0 Å². The van der Waals surface area contributed by atoms with Crippen LogP contribution in [0.15, 0.2) is 41.8 Å². The van der Waals surface area contributed by atoms with Crippen molar-refractivity contribution in [2.75, 3.05) is 5.73 Å². The van der Waals surface area contributed by atoms with Gasteiger partial charge in [-0.1, -0.05) is 12.1 Å². The van der Waals surface area contributed by atoms with Crippen molar-refractivity contribution in [1.29, 1.82) is 0 Å². The van der Waals surface area contributed by atoms with E-state index >= 15 is 0 Å². The van der Waals surface area contributed by atoms with E-state index in [-0.39, 0.29) is 11.9 Å². The molecule has 0 bridgehead atoms. The van der Waals surface area contributed by atoms with Gasteiger partial charge in [0.15, 0.2) is 0 Å². The van der Waals surface area contributed by atoms with Crippen LogP contribution in [-0.4, -0.2) is 5.91 Å². The second-order valence-electron chi connectivity index (χ2n) is 5.26. The minimum absolute atomic E-state index is 0.0434. The van der Waals surface area contributed by atoms with Crippen LogP contribution in [0, 0.1) is 0 Å². The zero-order chi connectivity index (χ0) is 14.7. The van der Waals surface area contributed by atoms with E-state index in [2.05, 4.69) is 5.32 Å². The molecule has 108 valence electrons. The highest BCUT2D eigenvalue weighted by Crippen LogP contribution is 2.30. The first-order chi connectivity index (χ1) is 10.2. The van der Waals surface area contributed by atoms with Crippen LogP contribution in [0.2, 0.25) is 0 Å². The predicted octanol–water partition coefficient (Wildman–Crippen LogP) is 3.54. The van der Waals surface area contributed by atoms with Crippen molar-refractivity contribution in [3.8, 4) is 0 Å². The van der Waals surface area contributed by atoms with Crippen LogP contribution in [-0.2, 0) is 11.2 Å². The number of hydrogen-bond donors (Lipinski definition) is 2. The smallest absolute Gasteiger partial charge is 0.244 e. The van der Waals surface area contributed by atoms with E-state index in [0.29, 0.717) is 0 Å². The first-order valence-corrected chi connectivity index (χ1v) is 8.01. The van der Waals surface area contributed by atoms with Gasteiger partial charge in [-0.2, -0.15) is 0 Å². The number of thiophene rings is 1. The average molecular weight is 298 g/mol.